The summed E-state index contributed by atoms with van der Waals surface area (Å²) in [5.74, 6) is 0.941. The number of benzene rings is 2. The van der Waals surface area contributed by atoms with E-state index >= 15 is 0 Å². The van der Waals surface area contributed by atoms with Gasteiger partial charge in [-0.25, -0.2) is 0 Å². The van der Waals surface area contributed by atoms with Gasteiger partial charge in [-0.15, -0.1) is 0 Å². The van der Waals surface area contributed by atoms with Gasteiger partial charge in [0.2, 0.25) is 5.56 Å². The Balaban J connectivity index is 1.43. The van der Waals surface area contributed by atoms with Gasteiger partial charge in [0.15, 0.2) is 0 Å². The van der Waals surface area contributed by atoms with E-state index in [1.54, 1.807) is 6.07 Å². The van der Waals surface area contributed by atoms with Crippen LogP contribution in [0.5, 0.6) is 0 Å². The molecule has 4 heteroatoms. The minimum atomic E-state index is -0.204. The summed E-state index contributed by atoms with van der Waals surface area (Å²) in [5, 5.41) is 3.07. The molecule has 2 aromatic carbocycles. The molecule has 27 heavy (non-hydrogen) atoms. The van der Waals surface area contributed by atoms with Crippen molar-refractivity contribution < 1.29 is 4.79 Å². The maximum atomic E-state index is 12.5. The third-order valence-electron chi connectivity index (χ3n) is 5.99. The maximum Gasteiger partial charge on any atom is 0.252 e. The molecule has 1 unspecified atom stereocenters. The van der Waals surface area contributed by atoms with E-state index in [0.29, 0.717) is 29.9 Å². The lowest BCUT2D eigenvalue weighted by Gasteiger charge is -2.45. The van der Waals surface area contributed by atoms with E-state index in [1.165, 1.54) is 34.5 Å². The number of amides is 1. The number of aromatic amines is 1. The summed E-state index contributed by atoms with van der Waals surface area (Å²) in [5.41, 5.74) is 5.95. The van der Waals surface area contributed by atoms with Crippen LogP contribution in [0.1, 0.15) is 50.9 Å². The Labute approximate surface area is 157 Å². The molecule has 2 bridgehead atoms. The second-order valence-electron chi connectivity index (χ2n) is 7.44. The van der Waals surface area contributed by atoms with Crippen molar-refractivity contribution in [2.75, 3.05) is 6.54 Å². The summed E-state index contributed by atoms with van der Waals surface area (Å²) in [6.45, 7) is 0.627. The van der Waals surface area contributed by atoms with Gasteiger partial charge in [-0.2, -0.15) is 0 Å². The van der Waals surface area contributed by atoms with Crippen molar-refractivity contribution in [3.05, 3.63) is 105 Å². The van der Waals surface area contributed by atoms with Crippen molar-refractivity contribution in [2.24, 2.45) is 5.92 Å². The highest BCUT2D eigenvalue weighted by atomic mass is 16.1. The average Bonchev–Trinajstić information content (AvgIpc) is 2.72. The Kier molecular flexibility index (Phi) is 3.71. The lowest BCUT2D eigenvalue weighted by atomic mass is 9.59. The van der Waals surface area contributed by atoms with Crippen LogP contribution in [-0.2, 0) is 0 Å². The molecule has 1 aromatic heterocycles. The van der Waals surface area contributed by atoms with Crippen LogP contribution in [0.3, 0.4) is 0 Å². The summed E-state index contributed by atoms with van der Waals surface area (Å²) in [7, 11) is 0. The Morgan fingerprint density at radius 2 is 1.56 bits per heavy atom. The number of pyridine rings is 1. The summed E-state index contributed by atoms with van der Waals surface area (Å²) < 4.78 is 0. The predicted octanol–water partition coefficient (Wildman–Crippen LogP) is 3.40. The van der Waals surface area contributed by atoms with Gasteiger partial charge >= 0.3 is 0 Å². The molecular formula is C23H20N2O2. The van der Waals surface area contributed by atoms with Gasteiger partial charge in [0.05, 0.1) is 5.56 Å². The van der Waals surface area contributed by atoms with Crippen LogP contribution in [-0.4, -0.2) is 17.4 Å². The number of aromatic nitrogens is 1. The lowest BCUT2D eigenvalue weighted by molar-refractivity contribution is 0.0942. The Hall–Kier alpha value is -3.14. The van der Waals surface area contributed by atoms with Gasteiger partial charge in [0.25, 0.3) is 5.91 Å². The number of nitrogens with one attached hydrogen (secondary N) is 2. The largest absolute Gasteiger partial charge is 0.352 e. The lowest BCUT2D eigenvalue weighted by Crippen LogP contribution is -2.39. The Morgan fingerprint density at radius 1 is 0.926 bits per heavy atom. The van der Waals surface area contributed by atoms with Crippen molar-refractivity contribution in [3.63, 3.8) is 0 Å². The summed E-state index contributed by atoms with van der Waals surface area (Å²) >= 11 is 0. The van der Waals surface area contributed by atoms with E-state index in [0.717, 1.165) is 6.42 Å². The minimum absolute atomic E-state index is 0.144. The van der Waals surface area contributed by atoms with E-state index in [2.05, 4.69) is 58.8 Å². The number of H-pyrrole nitrogens is 1. The molecule has 3 aliphatic rings. The molecule has 0 fully saturated rings. The van der Waals surface area contributed by atoms with E-state index in [4.69, 9.17) is 0 Å². The number of fused-ring (bicyclic) bond motifs is 1. The average molecular weight is 356 g/mol. The molecule has 0 saturated carbocycles. The fraction of sp³-hybridized carbons (Fsp3) is 0.217. The fourth-order valence-corrected chi connectivity index (χ4v) is 4.84. The van der Waals surface area contributed by atoms with Crippen LogP contribution < -0.4 is 10.9 Å². The molecule has 6 rings (SSSR count). The van der Waals surface area contributed by atoms with Gasteiger partial charge in [-0.3, -0.25) is 9.59 Å². The molecule has 1 atom stereocenters. The van der Waals surface area contributed by atoms with Crippen molar-refractivity contribution in [3.8, 4) is 0 Å². The van der Waals surface area contributed by atoms with Crippen LogP contribution in [0.2, 0.25) is 0 Å². The third kappa shape index (κ3) is 2.60. The van der Waals surface area contributed by atoms with Crippen molar-refractivity contribution in [1.82, 2.24) is 10.3 Å². The summed E-state index contributed by atoms with van der Waals surface area (Å²) in [4.78, 5) is 26.2. The van der Waals surface area contributed by atoms with Gasteiger partial charge in [0.1, 0.15) is 0 Å². The fourth-order valence-electron chi connectivity index (χ4n) is 4.84. The quantitative estimate of drug-likeness (QED) is 0.755. The SMILES string of the molecule is O=C(NCC1CC2c3ccccc3C1c1ccccc12)c1ccc(=O)[nH]c1. The van der Waals surface area contributed by atoms with Gasteiger partial charge in [-0.1, -0.05) is 48.5 Å². The van der Waals surface area contributed by atoms with E-state index in [1.807, 2.05) is 0 Å². The van der Waals surface area contributed by atoms with Gasteiger partial charge in [-0.05, 0) is 40.7 Å². The van der Waals surface area contributed by atoms with E-state index < -0.39 is 0 Å². The van der Waals surface area contributed by atoms with E-state index in [-0.39, 0.29) is 11.5 Å². The smallest absolute Gasteiger partial charge is 0.252 e. The first-order chi connectivity index (χ1) is 13.2. The molecule has 3 aliphatic carbocycles. The van der Waals surface area contributed by atoms with Crippen molar-refractivity contribution in [2.45, 2.75) is 18.3 Å². The Morgan fingerprint density at radius 3 is 2.15 bits per heavy atom. The molecule has 4 nitrogen and oxygen atoms in total. The zero-order valence-electron chi connectivity index (χ0n) is 14.8. The molecule has 0 aliphatic heterocycles. The first kappa shape index (κ1) is 16.1. The first-order valence-electron chi connectivity index (χ1n) is 9.37. The number of carbonyl (C=O) groups is 1. The number of hydrogen-bond donors (Lipinski definition) is 2. The highest BCUT2D eigenvalue weighted by Crippen LogP contribution is 2.55. The summed E-state index contributed by atoms with van der Waals surface area (Å²) in [6, 6.07) is 20.4. The molecule has 3 aromatic rings. The second kappa shape index (κ2) is 6.23. The first-order valence-corrected chi connectivity index (χ1v) is 9.37. The maximum absolute atomic E-state index is 12.5. The monoisotopic (exact) mass is 356 g/mol. The minimum Gasteiger partial charge on any atom is -0.352 e. The molecule has 1 amide bonds. The van der Waals surface area contributed by atoms with Crippen molar-refractivity contribution in [1.29, 1.82) is 0 Å². The summed E-state index contributed by atoms with van der Waals surface area (Å²) in [6.07, 6.45) is 2.51. The highest BCUT2D eigenvalue weighted by molar-refractivity contribution is 5.93. The zero-order chi connectivity index (χ0) is 18.4. The van der Waals surface area contributed by atoms with Crippen LogP contribution in [0.25, 0.3) is 0 Å². The molecular weight excluding hydrogens is 336 g/mol. The number of carbonyl (C=O) groups excluding carboxylic acids is 1. The van der Waals surface area contributed by atoms with Gasteiger partial charge < -0.3 is 10.3 Å². The topological polar surface area (TPSA) is 62.0 Å². The molecule has 0 saturated heterocycles. The molecule has 0 spiro atoms. The standard InChI is InChI=1S/C23H20N2O2/c26-21-10-9-14(12-24-21)23(27)25-13-15-11-20-16-5-1-3-7-18(16)22(15)19-8-4-2-6-17(19)20/h1-10,12,15,20,22H,11,13H2,(H,24,26)(H,25,27). The number of hydrogen-bond acceptors (Lipinski definition) is 2. The van der Waals surface area contributed by atoms with Crippen LogP contribution in [0.4, 0.5) is 0 Å². The van der Waals surface area contributed by atoms with Crippen LogP contribution >= 0.6 is 0 Å². The molecule has 1 heterocycles. The zero-order valence-corrected chi connectivity index (χ0v) is 14.8. The second-order valence-corrected chi connectivity index (χ2v) is 7.44. The molecule has 0 radical (unpaired) electrons. The normalized spacial score (nSPS) is 22.0. The predicted molar refractivity (Wildman–Crippen MR) is 104 cm³/mol. The molecule has 2 N–H and O–H groups in total. The Bertz CT molecular complexity index is 1020. The van der Waals surface area contributed by atoms with Gasteiger partial charge in [0, 0.05) is 30.6 Å². The molecule has 134 valence electrons. The van der Waals surface area contributed by atoms with Crippen LogP contribution in [0.15, 0.2) is 71.7 Å². The third-order valence-corrected chi connectivity index (χ3v) is 5.99. The highest BCUT2D eigenvalue weighted by Gasteiger charge is 2.42. The van der Waals surface area contributed by atoms with Crippen LogP contribution in [0, 0.1) is 5.92 Å². The van der Waals surface area contributed by atoms with E-state index in [9.17, 15) is 9.59 Å². The van der Waals surface area contributed by atoms with Crippen molar-refractivity contribution >= 4 is 5.91 Å². The number of rotatable bonds is 3.